The summed E-state index contributed by atoms with van der Waals surface area (Å²) in [5.74, 6) is 0. The monoisotopic (exact) mass is 459 g/mol. The third-order valence-electron chi connectivity index (χ3n) is 5.01. The summed E-state index contributed by atoms with van der Waals surface area (Å²) in [5.41, 5.74) is 8.87. The number of nitrogens with two attached hydrogens (primary N) is 1. The number of rotatable bonds is 8. The number of hydrogen-bond acceptors (Lipinski definition) is 6. The zero-order chi connectivity index (χ0) is 22.6. The van der Waals surface area contributed by atoms with Gasteiger partial charge in [-0.15, -0.1) is 0 Å². The van der Waals surface area contributed by atoms with Crippen LogP contribution in [0.5, 0.6) is 0 Å². The molecule has 0 saturated heterocycles. The second-order valence-electron chi connectivity index (χ2n) is 7.43. The van der Waals surface area contributed by atoms with E-state index < -0.39 is 31.8 Å². The van der Waals surface area contributed by atoms with Gasteiger partial charge in [0.2, 0.25) is 0 Å². The average molecular weight is 460 g/mol. The molecule has 0 aromatic heterocycles. The molecule has 0 spiro atoms. The predicted octanol–water partition coefficient (Wildman–Crippen LogP) is 3.68. The van der Waals surface area contributed by atoms with Gasteiger partial charge >= 0.3 is 0 Å². The Balaban J connectivity index is 1.93. The number of hydrogen-bond donors (Lipinski definition) is 1. The lowest BCUT2D eigenvalue weighted by Gasteiger charge is -2.19. The van der Waals surface area contributed by atoms with Crippen molar-refractivity contribution in [1.29, 1.82) is 0 Å². The Kier molecular flexibility index (Phi) is 6.83. The van der Waals surface area contributed by atoms with E-state index in [2.05, 4.69) is 0 Å². The smallest absolute Gasteiger partial charge is 0.297 e. The summed E-state index contributed by atoms with van der Waals surface area (Å²) in [6.07, 6.45) is 0.0201. The van der Waals surface area contributed by atoms with Crippen molar-refractivity contribution in [1.82, 2.24) is 0 Å². The maximum absolute atomic E-state index is 13.3. The van der Waals surface area contributed by atoms with Gasteiger partial charge in [0.1, 0.15) is 0 Å². The minimum Gasteiger partial charge on any atom is -0.399 e. The molecule has 164 valence electrons. The fraction of sp³-hybridized carbons (Fsp3) is 0.217. The normalized spacial score (nSPS) is 13.1. The zero-order valence-electron chi connectivity index (χ0n) is 17.4. The second-order valence-corrected chi connectivity index (χ2v) is 11.3. The number of sulfone groups is 1. The van der Waals surface area contributed by atoms with Crippen LogP contribution in [0.4, 0.5) is 5.69 Å². The van der Waals surface area contributed by atoms with E-state index in [1.54, 1.807) is 48.5 Å². The highest BCUT2D eigenvalue weighted by molar-refractivity contribution is 7.92. The molecule has 0 saturated carbocycles. The molecular formula is C23H25NO5S2. The van der Waals surface area contributed by atoms with Crippen molar-refractivity contribution in [3.05, 3.63) is 89.5 Å². The molecule has 1 atom stereocenters. The van der Waals surface area contributed by atoms with Crippen LogP contribution in [-0.2, 0) is 30.6 Å². The van der Waals surface area contributed by atoms with E-state index in [1.807, 2.05) is 13.8 Å². The molecule has 0 amide bonds. The van der Waals surface area contributed by atoms with Gasteiger partial charge < -0.3 is 5.73 Å². The standard InChI is InChI=1S/C23H25NO5S2/c1-17-7-11-20(12-8-17)30(25,26)22(15-19-5-3-4-6-23(19)24)16-29-31(27,28)21-13-9-18(2)10-14-21/h3-14,22H,15-16,24H2,1-2H3/t22-/m0/s1. The van der Waals surface area contributed by atoms with E-state index in [1.165, 1.54) is 24.3 Å². The van der Waals surface area contributed by atoms with E-state index in [0.29, 0.717) is 11.3 Å². The Labute approximate surface area is 183 Å². The molecule has 6 nitrogen and oxygen atoms in total. The number of para-hydroxylation sites is 1. The van der Waals surface area contributed by atoms with Crippen molar-refractivity contribution >= 4 is 25.6 Å². The Hall–Kier alpha value is -2.68. The molecule has 0 aliphatic heterocycles. The molecule has 3 aromatic rings. The summed E-state index contributed by atoms with van der Waals surface area (Å²) < 4.78 is 57.2. The fourth-order valence-electron chi connectivity index (χ4n) is 3.08. The third kappa shape index (κ3) is 5.52. The Morgan fingerprint density at radius 2 is 1.29 bits per heavy atom. The van der Waals surface area contributed by atoms with E-state index in [0.717, 1.165) is 11.1 Å². The molecule has 3 aromatic carbocycles. The first kappa shape index (κ1) is 23.0. The molecule has 31 heavy (non-hydrogen) atoms. The van der Waals surface area contributed by atoms with Crippen molar-refractivity contribution in [2.75, 3.05) is 12.3 Å². The minimum absolute atomic E-state index is 0.0201. The molecule has 3 rings (SSSR count). The van der Waals surface area contributed by atoms with Gasteiger partial charge in [-0.3, -0.25) is 4.18 Å². The van der Waals surface area contributed by atoms with Gasteiger partial charge in [-0.25, -0.2) is 8.42 Å². The number of aryl methyl sites for hydroxylation is 2. The number of nitrogen functional groups attached to an aromatic ring is 1. The first-order valence-corrected chi connectivity index (χ1v) is 12.6. The SMILES string of the molecule is Cc1ccc(S(=O)(=O)OC[C@H](Cc2ccccc2N)S(=O)(=O)c2ccc(C)cc2)cc1. The highest BCUT2D eigenvalue weighted by Crippen LogP contribution is 2.24. The highest BCUT2D eigenvalue weighted by atomic mass is 32.2. The van der Waals surface area contributed by atoms with E-state index in [4.69, 9.17) is 9.92 Å². The summed E-state index contributed by atoms with van der Waals surface area (Å²) in [5, 5.41) is -1.14. The highest BCUT2D eigenvalue weighted by Gasteiger charge is 2.31. The summed E-state index contributed by atoms with van der Waals surface area (Å²) in [4.78, 5) is 0.0812. The molecule has 0 heterocycles. The third-order valence-corrected chi connectivity index (χ3v) is 8.42. The van der Waals surface area contributed by atoms with E-state index in [9.17, 15) is 16.8 Å². The van der Waals surface area contributed by atoms with Crippen LogP contribution >= 0.6 is 0 Å². The second kappa shape index (κ2) is 9.21. The molecule has 0 radical (unpaired) electrons. The first-order chi connectivity index (χ1) is 14.6. The van der Waals surface area contributed by atoms with Gasteiger partial charge in [0.25, 0.3) is 10.1 Å². The first-order valence-electron chi connectivity index (χ1n) is 9.69. The van der Waals surface area contributed by atoms with Crippen LogP contribution in [-0.4, -0.2) is 28.7 Å². The van der Waals surface area contributed by atoms with Gasteiger partial charge in [0.05, 0.1) is 21.6 Å². The minimum atomic E-state index is -4.12. The predicted molar refractivity (Wildman–Crippen MR) is 121 cm³/mol. The molecule has 0 fully saturated rings. The summed E-state index contributed by atoms with van der Waals surface area (Å²) in [7, 11) is -8.01. The van der Waals surface area contributed by atoms with Crippen molar-refractivity contribution < 1.29 is 21.0 Å². The van der Waals surface area contributed by atoms with E-state index >= 15 is 0 Å². The molecule has 8 heteroatoms. The fourth-order valence-corrected chi connectivity index (χ4v) is 5.66. The number of anilines is 1. The Bertz CT molecular complexity index is 1250. The van der Waals surface area contributed by atoms with Crippen LogP contribution in [0.25, 0.3) is 0 Å². The lowest BCUT2D eigenvalue weighted by Crippen LogP contribution is -2.30. The van der Waals surface area contributed by atoms with Crippen molar-refractivity contribution in [2.24, 2.45) is 0 Å². The van der Waals surface area contributed by atoms with Crippen LogP contribution in [0.1, 0.15) is 16.7 Å². The Morgan fingerprint density at radius 1 is 0.774 bits per heavy atom. The Morgan fingerprint density at radius 3 is 1.84 bits per heavy atom. The molecule has 2 N–H and O–H groups in total. The largest absolute Gasteiger partial charge is 0.399 e. The number of benzene rings is 3. The summed E-state index contributed by atoms with van der Waals surface area (Å²) in [6, 6.07) is 19.5. The summed E-state index contributed by atoms with van der Waals surface area (Å²) in [6.45, 7) is 3.17. The van der Waals surface area contributed by atoms with E-state index in [-0.39, 0.29) is 16.2 Å². The maximum atomic E-state index is 13.3. The quantitative estimate of drug-likeness (QED) is 0.407. The van der Waals surface area contributed by atoms with Gasteiger partial charge in [-0.2, -0.15) is 8.42 Å². The zero-order valence-corrected chi connectivity index (χ0v) is 19.0. The molecule has 0 unspecified atom stereocenters. The molecule has 0 aliphatic carbocycles. The maximum Gasteiger partial charge on any atom is 0.297 e. The topological polar surface area (TPSA) is 104 Å². The van der Waals surface area contributed by atoms with Gasteiger partial charge in [-0.1, -0.05) is 53.6 Å². The van der Waals surface area contributed by atoms with Crippen molar-refractivity contribution in [3.8, 4) is 0 Å². The summed E-state index contributed by atoms with van der Waals surface area (Å²) >= 11 is 0. The lowest BCUT2D eigenvalue weighted by atomic mass is 10.1. The van der Waals surface area contributed by atoms with Crippen LogP contribution < -0.4 is 5.73 Å². The van der Waals surface area contributed by atoms with Crippen molar-refractivity contribution in [3.63, 3.8) is 0 Å². The molecule has 0 bridgehead atoms. The molecule has 0 aliphatic rings. The van der Waals surface area contributed by atoms with Gasteiger partial charge in [0.15, 0.2) is 9.84 Å². The van der Waals surface area contributed by atoms with Crippen LogP contribution in [0.2, 0.25) is 0 Å². The van der Waals surface area contributed by atoms with Crippen LogP contribution in [0.15, 0.2) is 82.6 Å². The van der Waals surface area contributed by atoms with Crippen LogP contribution in [0, 0.1) is 13.8 Å². The molecular weight excluding hydrogens is 434 g/mol. The van der Waals surface area contributed by atoms with Crippen molar-refractivity contribution in [2.45, 2.75) is 35.3 Å². The van der Waals surface area contributed by atoms with Gasteiger partial charge in [-0.05, 0) is 56.2 Å². The average Bonchev–Trinajstić information content (AvgIpc) is 2.73. The lowest BCUT2D eigenvalue weighted by molar-refractivity contribution is 0.312. The van der Waals surface area contributed by atoms with Gasteiger partial charge in [0, 0.05) is 5.69 Å². The van der Waals surface area contributed by atoms with Crippen LogP contribution in [0.3, 0.4) is 0 Å².